The number of nitro groups is 1. The van der Waals surface area contributed by atoms with Gasteiger partial charge in [-0.3, -0.25) is 4.79 Å². The van der Waals surface area contributed by atoms with Gasteiger partial charge in [0.1, 0.15) is 0 Å². The first kappa shape index (κ1) is 15.7. The van der Waals surface area contributed by atoms with Gasteiger partial charge in [0, 0.05) is 12.5 Å². The zero-order valence-electron chi connectivity index (χ0n) is 10.4. The van der Waals surface area contributed by atoms with Gasteiger partial charge in [0.05, 0.1) is 13.5 Å². The molecule has 0 atom stereocenters. The van der Waals surface area contributed by atoms with Crippen LogP contribution in [-0.2, 0) is 16.0 Å². The van der Waals surface area contributed by atoms with Crippen molar-refractivity contribution in [3.05, 3.63) is 27.4 Å². The molecule has 7 nitrogen and oxygen atoms in total. The lowest BCUT2D eigenvalue weighted by Gasteiger charge is -2.10. The number of nitrogens with zero attached hydrogens (tertiary/aromatic N) is 2. The van der Waals surface area contributed by atoms with E-state index in [1.807, 2.05) is 0 Å². The minimum atomic E-state index is -5.11. The Hall–Kier alpha value is -2.39. The van der Waals surface area contributed by atoms with Crippen LogP contribution in [0.5, 0.6) is 5.75 Å². The van der Waals surface area contributed by atoms with E-state index < -0.39 is 28.8 Å². The summed E-state index contributed by atoms with van der Waals surface area (Å²) in [6, 6.07) is 0.755. The Morgan fingerprint density at radius 2 is 2.10 bits per heavy atom. The normalized spacial score (nSPS) is 11.1. The molecule has 1 aromatic rings. The first-order chi connectivity index (χ1) is 9.14. The number of hydrogen-bond acceptors (Lipinski definition) is 6. The van der Waals surface area contributed by atoms with E-state index in [1.165, 1.54) is 6.92 Å². The van der Waals surface area contributed by atoms with E-state index in [1.54, 1.807) is 0 Å². The van der Waals surface area contributed by atoms with Crippen molar-refractivity contribution < 1.29 is 32.4 Å². The van der Waals surface area contributed by atoms with Gasteiger partial charge in [-0.2, -0.15) is 0 Å². The maximum atomic E-state index is 12.2. The lowest BCUT2D eigenvalue weighted by Crippen LogP contribution is -2.19. The molecule has 0 spiro atoms. The number of carbonyl (C=O) groups is 1. The molecule has 0 amide bonds. The summed E-state index contributed by atoms with van der Waals surface area (Å²) in [6.07, 6.45) is -5.48. The maximum absolute atomic E-state index is 12.2. The van der Waals surface area contributed by atoms with Crippen molar-refractivity contribution in [2.45, 2.75) is 19.7 Å². The summed E-state index contributed by atoms with van der Waals surface area (Å²) in [5.41, 5.74) is 0.0818. The van der Waals surface area contributed by atoms with Gasteiger partial charge < -0.3 is 19.6 Å². The van der Waals surface area contributed by atoms with Crippen LogP contribution in [0.3, 0.4) is 0 Å². The molecule has 0 saturated carbocycles. The van der Waals surface area contributed by atoms with Gasteiger partial charge in [-0.05, 0) is 16.0 Å². The first-order valence-electron chi connectivity index (χ1n) is 5.11. The third-order valence-electron chi connectivity index (χ3n) is 2.23. The van der Waals surface area contributed by atoms with Gasteiger partial charge in [-0.15, -0.1) is 13.2 Å². The number of halogens is 3. The summed E-state index contributed by atoms with van der Waals surface area (Å²) < 4.78 is 44.5. The zero-order chi connectivity index (χ0) is 15.5. The van der Waals surface area contributed by atoms with Crippen LogP contribution >= 0.6 is 0 Å². The van der Waals surface area contributed by atoms with E-state index in [4.69, 9.17) is 0 Å². The summed E-state index contributed by atoms with van der Waals surface area (Å²) in [4.78, 5) is 24.1. The minimum absolute atomic E-state index is 0.0385. The third kappa shape index (κ3) is 4.07. The molecule has 1 aromatic heterocycles. The Morgan fingerprint density at radius 3 is 2.55 bits per heavy atom. The molecule has 0 bridgehead atoms. The van der Waals surface area contributed by atoms with Crippen LogP contribution in [-0.4, -0.2) is 29.3 Å². The fourth-order valence-electron chi connectivity index (χ4n) is 1.35. The Kier molecular flexibility index (Phi) is 4.48. The molecule has 20 heavy (non-hydrogen) atoms. The molecule has 1 rings (SSSR count). The summed E-state index contributed by atoms with van der Waals surface area (Å²) in [5.74, 6) is -2.87. The Balaban J connectivity index is 3.27. The van der Waals surface area contributed by atoms with Crippen molar-refractivity contribution in [1.29, 1.82) is 0 Å². The molecular weight excluding hydrogens is 285 g/mol. The molecule has 0 radical (unpaired) electrons. The third-order valence-corrected chi connectivity index (χ3v) is 2.23. The summed E-state index contributed by atoms with van der Waals surface area (Å²) >= 11 is 0. The number of aromatic nitrogens is 1. The fourth-order valence-corrected chi connectivity index (χ4v) is 1.35. The summed E-state index contributed by atoms with van der Waals surface area (Å²) in [6.45, 7) is 1.32. The van der Waals surface area contributed by atoms with E-state index in [-0.39, 0.29) is 17.7 Å². The largest absolute Gasteiger partial charge is 0.573 e. The number of esters is 1. The lowest BCUT2D eigenvalue weighted by molar-refractivity contribution is -0.393. The Morgan fingerprint density at radius 1 is 1.50 bits per heavy atom. The predicted molar refractivity (Wildman–Crippen MR) is 58.0 cm³/mol. The molecule has 1 heterocycles. The van der Waals surface area contributed by atoms with E-state index in [9.17, 15) is 28.1 Å². The number of rotatable bonds is 4. The smallest absolute Gasteiger partial charge is 0.469 e. The standard InChI is InChI=1S/C10H9F3N2O5/c1-5-6(4-8(16)19-2)3-7(20-10(11,12)13)9(14-5)15(17)18/h3H,4H2,1-2H3. The van der Waals surface area contributed by atoms with E-state index in [0.29, 0.717) is 0 Å². The molecule has 0 unspecified atom stereocenters. The first-order valence-corrected chi connectivity index (χ1v) is 5.11. The predicted octanol–water partition coefficient (Wildman–Crippen LogP) is 1.91. The molecule has 0 saturated heterocycles. The fraction of sp³-hybridized carbons (Fsp3) is 0.400. The van der Waals surface area contributed by atoms with Crippen LogP contribution in [0.2, 0.25) is 0 Å². The van der Waals surface area contributed by atoms with Crippen molar-refractivity contribution >= 4 is 11.8 Å². The number of aryl methyl sites for hydroxylation is 1. The van der Waals surface area contributed by atoms with E-state index in [2.05, 4.69) is 14.5 Å². The average Bonchev–Trinajstić information content (AvgIpc) is 2.30. The van der Waals surface area contributed by atoms with E-state index in [0.717, 1.165) is 13.2 Å². The average molecular weight is 294 g/mol. The maximum Gasteiger partial charge on any atom is 0.573 e. The van der Waals surface area contributed by atoms with Crippen LogP contribution in [0.1, 0.15) is 11.3 Å². The van der Waals surface area contributed by atoms with Crippen molar-refractivity contribution in [3.8, 4) is 5.75 Å². The molecular formula is C10H9F3N2O5. The van der Waals surface area contributed by atoms with Gasteiger partial charge in [-0.1, -0.05) is 0 Å². The highest BCUT2D eigenvalue weighted by Crippen LogP contribution is 2.32. The number of ether oxygens (including phenoxy) is 2. The molecule has 0 fully saturated rings. The highest BCUT2D eigenvalue weighted by molar-refractivity contribution is 5.73. The highest BCUT2D eigenvalue weighted by Gasteiger charge is 2.36. The molecule has 0 N–H and O–H groups in total. The Bertz CT molecular complexity index is 544. The van der Waals surface area contributed by atoms with E-state index >= 15 is 0 Å². The summed E-state index contributed by atoms with van der Waals surface area (Å²) in [7, 11) is 1.10. The second-order valence-electron chi connectivity index (χ2n) is 3.61. The van der Waals surface area contributed by atoms with Gasteiger partial charge in [0.15, 0.2) is 5.69 Å². The number of carbonyl (C=O) groups excluding carboxylic acids is 1. The molecule has 110 valence electrons. The SMILES string of the molecule is COC(=O)Cc1cc(OC(F)(F)F)c([N+](=O)[O-])nc1C. The molecule has 0 aliphatic rings. The van der Waals surface area contributed by atoms with Crippen molar-refractivity contribution in [3.63, 3.8) is 0 Å². The topological polar surface area (TPSA) is 91.6 Å². The number of hydrogen-bond donors (Lipinski definition) is 0. The lowest BCUT2D eigenvalue weighted by atomic mass is 10.1. The van der Waals surface area contributed by atoms with Crippen LogP contribution in [0.25, 0.3) is 0 Å². The number of pyridine rings is 1. The second kappa shape index (κ2) is 5.72. The number of methoxy groups -OCH3 is 1. The van der Waals surface area contributed by atoms with Crippen LogP contribution < -0.4 is 4.74 Å². The van der Waals surface area contributed by atoms with Crippen LogP contribution in [0, 0.1) is 17.0 Å². The van der Waals surface area contributed by atoms with Gasteiger partial charge in [0.25, 0.3) is 0 Å². The number of alkyl halides is 3. The highest BCUT2D eigenvalue weighted by atomic mass is 19.4. The van der Waals surface area contributed by atoms with Crippen molar-refractivity contribution in [1.82, 2.24) is 4.98 Å². The Labute approximate surface area is 110 Å². The summed E-state index contributed by atoms with van der Waals surface area (Å²) in [5, 5.41) is 10.7. The van der Waals surface area contributed by atoms with Crippen LogP contribution in [0.15, 0.2) is 6.07 Å². The minimum Gasteiger partial charge on any atom is -0.469 e. The molecule has 10 heteroatoms. The van der Waals surface area contributed by atoms with Gasteiger partial charge >= 0.3 is 18.1 Å². The zero-order valence-corrected chi connectivity index (χ0v) is 10.4. The van der Waals surface area contributed by atoms with Crippen molar-refractivity contribution in [2.75, 3.05) is 7.11 Å². The molecule has 0 aromatic carbocycles. The second-order valence-corrected chi connectivity index (χ2v) is 3.61. The van der Waals surface area contributed by atoms with Gasteiger partial charge in [0.2, 0.25) is 5.75 Å². The van der Waals surface area contributed by atoms with Crippen molar-refractivity contribution in [2.24, 2.45) is 0 Å². The van der Waals surface area contributed by atoms with Crippen LogP contribution in [0.4, 0.5) is 19.0 Å². The monoisotopic (exact) mass is 294 g/mol. The quantitative estimate of drug-likeness (QED) is 0.478. The molecule has 0 aliphatic carbocycles. The van der Waals surface area contributed by atoms with Gasteiger partial charge in [-0.25, -0.2) is 0 Å². The molecule has 0 aliphatic heterocycles.